The first-order valence-corrected chi connectivity index (χ1v) is 8.38. The van der Waals surface area contributed by atoms with Crippen LogP contribution in [0.15, 0.2) is 23.1 Å². The molecule has 120 valence electrons. The monoisotopic (exact) mass is 324 g/mol. The number of carbonyl (C=O) groups is 1. The second-order valence-electron chi connectivity index (χ2n) is 4.99. The molecule has 1 aliphatic rings. The third-order valence-corrected chi connectivity index (χ3v) is 4.35. The fourth-order valence-electron chi connectivity index (χ4n) is 2.34. The fraction of sp³-hybridized carbons (Fsp3) is 0.500. The minimum atomic E-state index is -0.455. The summed E-state index contributed by atoms with van der Waals surface area (Å²) in [7, 11) is 0. The molecule has 7 nitrogen and oxygen atoms in total. The quantitative estimate of drug-likeness (QED) is 0.460. The van der Waals surface area contributed by atoms with Gasteiger partial charge >= 0.3 is 0 Å². The van der Waals surface area contributed by atoms with Crippen LogP contribution in [0.25, 0.3) is 0 Å². The highest BCUT2D eigenvalue weighted by Gasteiger charge is 2.17. The molecular formula is C14H20N4O3S. The zero-order chi connectivity index (χ0) is 15.9. The maximum absolute atomic E-state index is 12.1. The highest BCUT2D eigenvalue weighted by molar-refractivity contribution is 7.98. The van der Waals surface area contributed by atoms with E-state index in [1.54, 1.807) is 18.4 Å². The Morgan fingerprint density at radius 2 is 2.18 bits per heavy atom. The predicted octanol–water partition coefficient (Wildman–Crippen LogP) is 0.952. The van der Waals surface area contributed by atoms with Crippen molar-refractivity contribution in [1.29, 1.82) is 0 Å². The van der Waals surface area contributed by atoms with Crippen molar-refractivity contribution in [1.82, 2.24) is 15.5 Å². The summed E-state index contributed by atoms with van der Waals surface area (Å²) in [5, 5.41) is 17.1. The second-order valence-corrected chi connectivity index (χ2v) is 5.84. The van der Waals surface area contributed by atoms with E-state index >= 15 is 0 Å². The maximum Gasteiger partial charge on any atom is 0.283 e. The lowest BCUT2D eigenvalue weighted by Crippen LogP contribution is -2.46. The van der Waals surface area contributed by atoms with E-state index in [1.165, 1.54) is 17.8 Å². The second kappa shape index (κ2) is 8.11. The number of nitro groups is 1. The number of nitro benzene ring substituents is 1. The number of amides is 1. The van der Waals surface area contributed by atoms with E-state index in [1.807, 2.05) is 0 Å². The van der Waals surface area contributed by atoms with E-state index in [-0.39, 0.29) is 11.6 Å². The molecule has 1 heterocycles. The van der Waals surface area contributed by atoms with Gasteiger partial charge < -0.3 is 10.6 Å². The highest BCUT2D eigenvalue weighted by atomic mass is 32.2. The van der Waals surface area contributed by atoms with Gasteiger partial charge in [-0.1, -0.05) is 0 Å². The molecule has 1 aromatic rings. The average molecular weight is 324 g/mol. The Morgan fingerprint density at radius 3 is 2.82 bits per heavy atom. The summed E-state index contributed by atoms with van der Waals surface area (Å²) in [5.74, 6) is -0.272. The molecule has 0 spiro atoms. The molecule has 0 aliphatic carbocycles. The highest BCUT2D eigenvalue weighted by Crippen LogP contribution is 2.28. The summed E-state index contributed by atoms with van der Waals surface area (Å²) in [6, 6.07) is 4.58. The van der Waals surface area contributed by atoms with Gasteiger partial charge in [-0.15, -0.1) is 11.8 Å². The summed E-state index contributed by atoms with van der Waals surface area (Å²) in [5.41, 5.74) is 0.298. The molecule has 1 aromatic carbocycles. The van der Waals surface area contributed by atoms with Gasteiger partial charge in [-0.3, -0.25) is 19.8 Å². The molecule has 0 saturated carbocycles. The number of nitrogens with one attached hydrogen (secondary N) is 2. The van der Waals surface area contributed by atoms with Gasteiger partial charge in [0.15, 0.2) is 0 Å². The summed E-state index contributed by atoms with van der Waals surface area (Å²) in [6.45, 7) is 5.22. The van der Waals surface area contributed by atoms with Gasteiger partial charge in [0.2, 0.25) is 0 Å². The van der Waals surface area contributed by atoms with Crippen LogP contribution < -0.4 is 10.6 Å². The lowest BCUT2D eigenvalue weighted by molar-refractivity contribution is -0.387. The van der Waals surface area contributed by atoms with Crippen LogP contribution in [0, 0.1) is 10.1 Å². The van der Waals surface area contributed by atoms with Crippen molar-refractivity contribution >= 4 is 23.4 Å². The van der Waals surface area contributed by atoms with Gasteiger partial charge in [-0.05, 0) is 18.4 Å². The zero-order valence-corrected chi connectivity index (χ0v) is 13.3. The SMILES string of the molecule is CSc1ccc(C(=O)NCCN2CCNCC2)cc1[N+](=O)[O-]. The fourth-order valence-corrected chi connectivity index (χ4v) is 2.88. The first-order valence-electron chi connectivity index (χ1n) is 7.15. The van der Waals surface area contributed by atoms with E-state index in [4.69, 9.17) is 0 Å². The number of rotatable bonds is 6. The number of thioether (sulfide) groups is 1. The number of piperazine rings is 1. The number of carbonyl (C=O) groups excluding carboxylic acids is 1. The Labute approximate surface area is 133 Å². The number of hydrogen-bond acceptors (Lipinski definition) is 6. The van der Waals surface area contributed by atoms with Gasteiger partial charge in [0.25, 0.3) is 11.6 Å². The van der Waals surface area contributed by atoms with E-state index < -0.39 is 4.92 Å². The Balaban J connectivity index is 1.91. The van der Waals surface area contributed by atoms with Gasteiger partial charge in [-0.25, -0.2) is 0 Å². The molecule has 1 fully saturated rings. The van der Waals surface area contributed by atoms with Crippen molar-refractivity contribution in [3.8, 4) is 0 Å². The van der Waals surface area contributed by atoms with Crippen LogP contribution in [0.4, 0.5) is 5.69 Å². The third kappa shape index (κ3) is 4.43. The normalized spacial score (nSPS) is 15.5. The van der Waals surface area contributed by atoms with Crippen molar-refractivity contribution in [2.24, 2.45) is 0 Å². The topological polar surface area (TPSA) is 87.5 Å². The smallest absolute Gasteiger partial charge is 0.283 e. The molecular weight excluding hydrogens is 304 g/mol. The van der Waals surface area contributed by atoms with Crippen molar-refractivity contribution in [2.75, 3.05) is 45.5 Å². The Kier molecular flexibility index (Phi) is 6.17. The summed E-state index contributed by atoms with van der Waals surface area (Å²) in [6.07, 6.45) is 1.77. The lowest BCUT2D eigenvalue weighted by Gasteiger charge is -2.27. The lowest BCUT2D eigenvalue weighted by atomic mass is 10.2. The molecule has 0 atom stereocenters. The van der Waals surface area contributed by atoms with Crippen LogP contribution in [0.3, 0.4) is 0 Å². The van der Waals surface area contributed by atoms with Crippen LogP contribution >= 0.6 is 11.8 Å². The van der Waals surface area contributed by atoms with Crippen molar-refractivity contribution in [2.45, 2.75) is 4.90 Å². The molecule has 2 N–H and O–H groups in total. The van der Waals surface area contributed by atoms with Gasteiger partial charge in [-0.2, -0.15) is 0 Å². The maximum atomic E-state index is 12.1. The summed E-state index contributed by atoms with van der Waals surface area (Å²) < 4.78 is 0. The number of hydrogen-bond donors (Lipinski definition) is 2. The molecule has 22 heavy (non-hydrogen) atoms. The van der Waals surface area contributed by atoms with E-state index in [0.29, 0.717) is 17.0 Å². The van der Waals surface area contributed by atoms with Crippen LogP contribution in [-0.4, -0.2) is 61.3 Å². The van der Waals surface area contributed by atoms with Crippen molar-refractivity contribution in [3.63, 3.8) is 0 Å². The number of nitrogens with zero attached hydrogens (tertiary/aromatic N) is 2. The Hall–Kier alpha value is -1.64. The molecule has 2 rings (SSSR count). The van der Waals surface area contributed by atoms with Crippen molar-refractivity contribution in [3.05, 3.63) is 33.9 Å². The van der Waals surface area contributed by atoms with E-state index in [2.05, 4.69) is 15.5 Å². The molecule has 0 radical (unpaired) electrons. The summed E-state index contributed by atoms with van der Waals surface area (Å²) >= 11 is 1.29. The van der Waals surface area contributed by atoms with E-state index in [9.17, 15) is 14.9 Å². The average Bonchev–Trinajstić information content (AvgIpc) is 2.55. The molecule has 1 amide bonds. The molecule has 1 aliphatic heterocycles. The van der Waals surface area contributed by atoms with Gasteiger partial charge in [0.05, 0.1) is 9.82 Å². The standard InChI is InChI=1S/C14H20N4O3S/c1-22-13-3-2-11(10-12(13)18(20)21)14(19)16-6-9-17-7-4-15-5-8-17/h2-3,10,15H,4-9H2,1H3,(H,16,19). The predicted molar refractivity (Wildman–Crippen MR) is 86.5 cm³/mol. The van der Waals surface area contributed by atoms with Crippen molar-refractivity contribution < 1.29 is 9.72 Å². The zero-order valence-electron chi connectivity index (χ0n) is 12.5. The molecule has 0 aromatic heterocycles. The summed E-state index contributed by atoms with van der Waals surface area (Å²) in [4.78, 5) is 25.5. The minimum absolute atomic E-state index is 0.0257. The minimum Gasteiger partial charge on any atom is -0.351 e. The van der Waals surface area contributed by atoms with Crippen LogP contribution in [0.1, 0.15) is 10.4 Å². The van der Waals surface area contributed by atoms with Crippen LogP contribution in [-0.2, 0) is 0 Å². The Morgan fingerprint density at radius 1 is 1.45 bits per heavy atom. The number of benzene rings is 1. The first-order chi connectivity index (χ1) is 10.6. The van der Waals surface area contributed by atoms with E-state index in [0.717, 1.165) is 32.7 Å². The molecule has 8 heteroatoms. The first kappa shape index (κ1) is 16.7. The molecule has 0 bridgehead atoms. The van der Waals surface area contributed by atoms with Gasteiger partial charge in [0.1, 0.15) is 0 Å². The van der Waals surface area contributed by atoms with Gasteiger partial charge in [0, 0.05) is 50.9 Å². The third-order valence-electron chi connectivity index (χ3n) is 3.56. The Bertz CT molecular complexity index is 547. The largest absolute Gasteiger partial charge is 0.351 e. The molecule has 1 saturated heterocycles. The molecule has 0 unspecified atom stereocenters. The van der Waals surface area contributed by atoms with Crippen LogP contribution in [0.5, 0.6) is 0 Å². The van der Waals surface area contributed by atoms with Crippen LogP contribution in [0.2, 0.25) is 0 Å².